The molecule has 3 rings (SSSR count). The second-order valence-electron chi connectivity index (χ2n) is 4.33. The Bertz CT molecular complexity index is 583. The van der Waals surface area contributed by atoms with Gasteiger partial charge in [0, 0.05) is 10.0 Å². The Morgan fingerprint density at radius 1 is 1.00 bits per heavy atom. The van der Waals surface area contributed by atoms with Gasteiger partial charge in [0.25, 0.3) is 0 Å². The summed E-state index contributed by atoms with van der Waals surface area (Å²) in [5, 5.41) is 10.4. The topological polar surface area (TPSA) is 38.7 Å². The van der Waals surface area contributed by atoms with E-state index in [0.717, 1.165) is 15.6 Å². The summed E-state index contributed by atoms with van der Waals surface area (Å²) in [5.41, 5.74) is 1.62. The van der Waals surface area contributed by atoms with E-state index in [2.05, 4.69) is 15.9 Å². The van der Waals surface area contributed by atoms with Gasteiger partial charge in [-0.15, -0.1) is 0 Å². The van der Waals surface area contributed by atoms with Crippen molar-refractivity contribution in [3.63, 3.8) is 0 Å². The van der Waals surface area contributed by atoms with E-state index in [0.29, 0.717) is 24.7 Å². The van der Waals surface area contributed by atoms with Crippen LogP contribution in [0.3, 0.4) is 0 Å². The zero-order chi connectivity index (χ0) is 13.2. The minimum Gasteiger partial charge on any atom is -0.486 e. The summed E-state index contributed by atoms with van der Waals surface area (Å²) >= 11 is 3.48. The Morgan fingerprint density at radius 2 is 1.63 bits per heavy atom. The summed E-state index contributed by atoms with van der Waals surface area (Å²) in [7, 11) is 0. The van der Waals surface area contributed by atoms with Crippen LogP contribution < -0.4 is 9.47 Å². The summed E-state index contributed by atoms with van der Waals surface area (Å²) in [6.07, 6.45) is -0.689. The molecule has 0 fully saturated rings. The second kappa shape index (κ2) is 5.23. The number of aliphatic hydroxyl groups excluding tert-OH is 1. The van der Waals surface area contributed by atoms with Gasteiger partial charge in [-0.3, -0.25) is 0 Å². The van der Waals surface area contributed by atoms with Gasteiger partial charge in [-0.25, -0.2) is 0 Å². The number of halogens is 1. The third kappa shape index (κ3) is 2.46. The van der Waals surface area contributed by atoms with Crippen molar-refractivity contribution < 1.29 is 14.6 Å². The highest BCUT2D eigenvalue weighted by atomic mass is 79.9. The maximum Gasteiger partial charge on any atom is 0.162 e. The zero-order valence-electron chi connectivity index (χ0n) is 10.2. The largest absolute Gasteiger partial charge is 0.486 e. The molecule has 3 nitrogen and oxygen atoms in total. The molecule has 0 aliphatic carbocycles. The molecule has 0 aromatic heterocycles. The van der Waals surface area contributed by atoms with E-state index in [1.54, 1.807) is 0 Å². The fourth-order valence-corrected chi connectivity index (χ4v) is 2.64. The van der Waals surface area contributed by atoms with Crippen molar-refractivity contribution in [2.45, 2.75) is 6.10 Å². The highest BCUT2D eigenvalue weighted by Crippen LogP contribution is 2.39. The van der Waals surface area contributed by atoms with E-state index in [9.17, 15) is 5.11 Å². The Balaban J connectivity index is 2.01. The van der Waals surface area contributed by atoms with Crippen LogP contribution in [0.2, 0.25) is 0 Å². The molecule has 1 atom stereocenters. The van der Waals surface area contributed by atoms with E-state index < -0.39 is 6.10 Å². The Labute approximate surface area is 119 Å². The molecule has 0 amide bonds. The van der Waals surface area contributed by atoms with E-state index in [-0.39, 0.29) is 0 Å². The average Bonchev–Trinajstić information content (AvgIpc) is 2.47. The lowest BCUT2D eigenvalue weighted by molar-refractivity contribution is 0.169. The molecule has 0 radical (unpaired) electrons. The molecule has 0 bridgehead atoms. The van der Waals surface area contributed by atoms with Gasteiger partial charge < -0.3 is 14.6 Å². The summed E-state index contributed by atoms with van der Waals surface area (Å²) in [4.78, 5) is 0. The number of benzene rings is 2. The normalized spacial score (nSPS) is 15.1. The first kappa shape index (κ1) is 12.5. The average molecular weight is 321 g/mol. The first-order chi connectivity index (χ1) is 9.25. The highest BCUT2D eigenvalue weighted by molar-refractivity contribution is 9.10. The van der Waals surface area contributed by atoms with E-state index in [1.165, 1.54) is 0 Å². The molecule has 0 saturated heterocycles. The SMILES string of the molecule is OC(c1ccccc1)c1cc2c(cc1Br)OCCO2. The minimum absolute atomic E-state index is 0.537. The van der Waals surface area contributed by atoms with Crippen LogP contribution >= 0.6 is 15.9 Å². The molecule has 19 heavy (non-hydrogen) atoms. The number of hydrogen-bond acceptors (Lipinski definition) is 3. The Morgan fingerprint density at radius 3 is 2.32 bits per heavy atom. The van der Waals surface area contributed by atoms with Crippen LogP contribution in [-0.4, -0.2) is 18.3 Å². The van der Waals surface area contributed by atoms with Crippen LogP contribution in [0.1, 0.15) is 17.2 Å². The molecular weight excluding hydrogens is 308 g/mol. The van der Waals surface area contributed by atoms with Crippen molar-refractivity contribution in [1.29, 1.82) is 0 Å². The molecule has 1 unspecified atom stereocenters. The summed E-state index contributed by atoms with van der Waals surface area (Å²) in [6.45, 7) is 1.09. The molecule has 1 heterocycles. The molecule has 1 N–H and O–H groups in total. The number of fused-ring (bicyclic) bond motifs is 1. The molecule has 2 aromatic carbocycles. The van der Waals surface area contributed by atoms with Crippen molar-refractivity contribution in [3.8, 4) is 11.5 Å². The highest BCUT2D eigenvalue weighted by Gasteiger charge is 2.19. The van der Waals surface area contributed by atoms with Gasteiger partial charge in [-0.2, -0.15) is 0 Å². The lowest BCUT2D eigenvalue weighted by Gasteiger charge is -2.21. The van der Waals surface area contributed by atoms with Crippen molar-refractivity contribution in [1.82, 2.24) is 0 Å². The van der Waals surface area contributed by atoms with Crippen LogP contribution in [0.25, 0.3) is 0 Å². The fraction of sp³-hybridized carbons (Fsp3) is 0.200. The van der Waals surface area contributed by atoms with Gasteiger partial charge >= 0.3 is 0 Å². The first-order valence-corrected chi connectivity index (χ1v) is 6.87. The van der Waals surface area contributed by atoms with E-state index in [4.69, 9.17) is 9.47 Å². The van der Waals surface area contributed by atoms with Crippen LogP contribution in [0, 0.1) is 0 Å². The van der Waals surface area contributed by atoms with Crippen LogP contribution in [0.15, 0.2) is 46.9 Å². The number of hydrogen-bond donors (Lipinski definition) is 1. The van der Waals surface area contributed by atoms with Crippen LogP contribution in [0.4, 0.5) is 0 Å². The standard InChI is InChI=1S/C15H13BrO3/c16-12-9-14-13(18-6-7-19-14)8-11(12)15(17)10-4-2-1-3-5-10/h1-5,8-9,15,17H,6-7H2. The summed E-state index contributed by atoms with van der Waals surface area (Å²) in [5.74, 6) is 1.39. The maximum atomic E-state index is 10.4. The fourth-order valence-electron chi connectivity index (χ4n) is 2.10. The molecule has 4 heteroatoms. The van der Waals surface area contributed by atoms with Crippen molar-refractivity contribution >= 4 is 15.9 Å². The Hall–Kier alpha value is -1.52. The molecule has 1 aliphatic rings. The van der Waals surface area contributed by atoms with Gasteiger partial charge in [-0.05, 0) is 17.7 Å². The maximum absolute atomic E-state index is 10.4. The van der Waals surface area contributed by atoms with E-state index in [1.807, 2.05) is 42.5 Å². The molecule has 98 valence electrons. The monoisotopic (exact) mass is 320 g/mol. The molecule has 0 saturated carbocycles. The molecule has 0 spiro atoms. The molecular formula is C15H13BrO3. The van der Waals surface area contributed by atoms with Gasteiger partial charge in [-0.1, -0.05) is 46.3 Å². The summed E-state index contributed by atoms with van der Waals surface area (Å²) < 4.78 is 11.9. The quantitative estimate of drug-likeness (QED) is 0.922. The number of rotatable bonds is 2. The smallest absolute Gasteiger partial charge is 0.162 e. The summed E-state index contributed by atoms with van der Waals surface area (Å²) in [6, 6.07) is 13.2. The van der Waals surface area contributed by atoms with Gasteiger partial charge in [0.05, 0.1) is 0 Å². The number of ether oxygens (including phenoxy) is 2. The van der Waals surface area contributed by atoms with Crippen molar-refractivity contribution in [3.05, 3.63) is 58.1 Å². The van der Waals surface area contributed by atoms with Gasteiger partial charge in [0.15, 0.2) is 11.5 Å². The first-order valence-electron chi connectivity index (χ1n) is 6.08. The minimum atomic E-state index is -0.689. The third-order valence-electron chi connectivity index (χ3n) is 3.07. The van der Waals surface area contributed by atoms with E-state index >= 15 is 0 Å². The Kier molecular flexibility index (Phi) is 3.44. The lowest BCUT2D eigenvalue weighted by atomic mass is 10.0. The predicted molar refractivity (Wildman–Crippen MR) is 75.6 cm³/mol. The van der Waals surface area contributed by atoms with Crippen molar-refractivity contribution in [2.24, 2.45) is 0 Å². The second-order valence-corrected chi connectivity index (χ2v) is 5.18. The lowest BCUT2D eigenvalue weighted by Crippen LogP contribution is -2.16. The van der Waals surface area contributed by atoms with Crippen LogP contribution in [0.5, 0.6) is 11.5 Å². The van der Waals surface area contributed by atoms with Gasteiger partial charge in [0.2, 0.25) is 0 Å². The molecule has 1 aliphatic heterocycles. The van der Waals surface area contributed by atoms with Gasteiger partial charge in [0.1, 0.15) is 19.3 Å². The van der Waals surface area contributed by atoms with Crippen LogP contribution in [-0.2, 0) is 0 Å². The van der Waals surface area contributed by atoms with Crippen molar-refractivity contribution in [2.75, 3.05) is 13.2 Å². The number of aliphatic hydroxyl groups is 1. The third-order valence-corrected chi connectivity index (χ3v) is 3.76. The molecule has 2 aromatic rings. The zero-order valence-corrected chi connectivity index (χ0v) is 11.8. The predicted octanol–water partition coefficient (Wildman–Crippen LogP) is 3.30.